The van der Waals surface area contributed by atoms with E-state index in [1.54, 1.807) is 0 Å². The molecular weight excluding hydrogens is 268 g/mol. The van der Waals surface area contributed by atoms with Crippen molar-refractivity contribution in [3.05, 3.63) is 84.4 Å². The van der Waals surface area contributed by atoms with Crippen molar-refractivity contribution in [3.8, 4) is 0 Å². The van der Waals surface area contributed by atoms with Crippen molar-refractivity contribution >= 4 is 33.7 Å². The van der Waals surface area contributed by atoms with Crippen LogP contribution >= 0.6 is 0 Å². The van der Waals surface area contributed by atoms with E-state index in [1.165, 1.54) is 10.8 Å². The molecule has 0 unspecified atom stereocenters. The second-order valence-corrected chi connectivity index (χ2v) is 5.25. The number of hydrogen-bond donors (Lipinski definition) is 0. The standard InChI is InChI=1S/C20H14N2/c1-3-7-17-13-21-19(11-15(17)5-1)9-10-20-12-16-6-2-4-8-18(16)14-22-20/h1-14H/b10-9+. The molecule has 0 saturated heterocycles. The van der Waals surface area contributed by atoms with E-state index in [2.05, 4.69) is 46.4 Å². The summed E-state index contributed by atoms with van der Waals surface area (Å²) < 4.78 is 0. The van der Waals surface area contributed by atoms with Gasteiger partial charge in [0.05, 0.1) is 11.4 Å². The highest BCUT2D eigenvalue weighted by Gasteiger charge is 1.96. The summed E-state index contributed by atoms with van der Waals surface area (Å²) in [6, 6.07) is 20.7. The van der Waals surface area contributed by atoms with Crippen LogP contribution in [0.2, 0.25) is 0 Å². The van der Waals surface area contributed by atoms with Crippen LogP contribution in [-0.4, -0.2) is 9.97 Å². The first-order chi connectivity index (χ1) is 10.9. The van der Waals surface area contributed by atoms with Crippen molar-refractivity contribution < 1.29 is 0 Å². The van der Waals surface area contributed by atoms with E-state index in [1.807, 2.05) is 48.8 Å². The van der Waals surface area contributed by atoms with E-state index in [-0.39, 0.29) is 0 Å². The summed E-state index contributed by atoms with van der Waals surface area (Å²) in [7, 11) is 0. The molecule has 2 aromatic heterocycles. The molecule has 22 heavy (non-hydrogen) atoms. The molecule has 0 amide bonds. The lowest BCUT2D eigenvalue weighted by molar-refractivity contribution is 1.31. The summed E-state index contributed by atoms with van der Waals surface area (Å²) in [5.74, 6) is 0. The van der Waals surface area contributed by atoms with E-state index >= 15 is 0 Å². The molecule has 2 heteroatoms. The number of fused-ring (bicyclic) bond motifs is 2. The number of hydrogen-bond acceptors (Lipinski definition) is 2. The van der Waals surface area contributed by atoms with Crippen molar-refractivity contribution in [3.63, 3.8) is 0 Å². The van der Waals surface area contributed by atoms with Gasteiger partial charge in [-0.15, -0.1) is 0 Å². The summed E-state index contributed by atoms with van der Waals surface area (Å²) in [4.78, 5) is 8.94. The van der Waals surface area contributed by atoms with E-state index in [0.717, 1.165) is 22.2 Å². The van der Waals surface area contributed by atoms with Crippen LogP contribution in [0.3, 0.4) is 0 Å². The maximum absolute atomic E-state index is 4.47. The fourth-order valence-corrected chi connectivity index (χ4v) is 2.55. The van der Waals surface area contributed by atoms with Gasteiger partial charge in [0, 0.05) is 23.2 Å². The minimum Gasteiger partial charge on any atom is -0.256 e. The zero-order chi connectivity index (χ0) is 14.8. The Hall–Kier alpha value is -3.00. The predicted molar refractivity (Wildman–Crippen MR) is 92.4 cm³/mol. The molecule has 0 fully saturated rings. The maximum atomic E-state index is 4.47. The van der Waals surface area contributed by atoms with Crippen LogP contribution in [0.1, 0.15) is 11.4 Å². The van der Waals surface area contributed by atoms with Crippen LogP contribution in [0, 0.1) is 0 Å². The first-order valence-electron chi connectivity index (χ1n) is 7.26. The van der Waals surface area contributed by atoms with Gasteiger partial charge in [0.1, 0.15) is 0 Å². The molecule has 0 atom stereocenters. The molecule has 0 aliphatic rings. The van der Waals surface area contributed by atoms with E-state index in [9.17, 15) is 0 Å². The van der Waals surface area contributed by atoms with Gasteiger partial charge in [-0.3, -0.25) is 9.97 Å². The Kier molecular flexibility index (Phi) is 3.13. The third-order valence-electron chi connectivity index (χ3n) is 3.73. The molecule has 0 spiro atoms. The van der Waals surface area contributed by atoms with Gasteiger partial charge in [0.15, 0.2) is 0 Å². The summed E-state index contributed by atoms with van der Waals surface area (Å²) >= 11 is 0. The number of aromatic nitrogens is 2. The topological polar surface area (TPSA) is 25.8 Å². The molecule has 0 radical (unpaired) electrons. The van der Waals surface area contributed by atoms with Gasteiger partial charge in [0.25, 0.3) is 0 Å². The molecule has 0 aliphatic carbocycles. The van der Waals surface area contributed by atoms with Crippen LogP contribution in [-0.2, 0) is 0 Å². The number of nitrogens with zero attached hydrogens (tertiary/aromatic N) is 2. The van der Waals surface area contributed by atoms with E-state index < -0.39 is 0 Å². The van der Waals surface area contributed by atoms with Crippen LogP contribution in [0.5, 0.6) is 0 Å². The molecule has 0 N–H and O–H groups in total. The summed E-state index contributed by atoms with van der Waals surface area (Å²) in [5, 5.41) is 4.71. The second kappa shape index (κ2) is 5.41. The van der Waals surface area contributed by atoms with Gasteiger partial charge in [-0.05, 0) is 35.1 Å². The molecule has 2 nitrogen and oxygen atoms in total. The smallest absolute Gasteiger partial charge is 0.0636 e. The Balaban J connectivity index is 1.68. The van der Waals surface area contributed by atoms with Crippen molar-refractivity contribution in [2.45, 2.75) is 0 Å². The molecule has 0 aliphatic heterocycles. The third kappa shape index (κ3) is 2.47. The van der Waals surface area contributed by atoms with E-state index in [0.29, 0.717) is 0 Å². The molecule has 4 rings (SSSR count). The Morgan fingerprint density at radius 1 is 0.545 bits per heavy atom. The fourth-order valence-electron chi connectivity index (χ4n) is 2.55. The molecule has 4 aromatic rings. The van der Waals surface area contributed by atoms with Crippen LogP contribution in [0.4, 0.5) is 0 Å². The lowest BCUT2D eigenvalue weighted by Gasteiger charge is -2.00. The summed E-state index contributed by atoms with van der Waals surface area (Å²) in [6.45, 7) is 0. The first kappa shape index (κ1) is 12.7. The number of rotatable bonds is 2. The summed E-state index contributed by atoms with van der Waals surface area (Å²) in [5.41, 5.74) is 1.88. The maximum Gasteiger partial charge on any atom is 0.0636 e. The molecule has 104 valence electrons. The zero-order valence-electron chi connectivity index (χ0n) is 12.0. The normalized spacial score (nSPS) is 11.5. The van der Waals surface area contributed by atoms with Gasteiger partial charge in [-0.25, -0.2) is 0 Å². The Morgan fingerprint density at radius 2 is 0.955 bits per heavy atom. The second-order valence-electron chi connectivity index (χ2n) is 5.25. The first-order valence-corrected chi connectivity index (χ1v) is 7.26. The highest BCUT2D eigenvalue weighted by atomic mass is 14.7. The Bertz CT molecular complexity index is 905. The van der Waals surface area contributed by atoms with Gasteiger partial charge in [-0.1, -0.05) is 48.5 Å². The van der Waals surface area contributed by atoms with Gasteiger partial charge < -0.3 is 0 Å². The van der Waals surface area contributed by atoms with Crippen LogP contribution in [0.25, 0.3) is 33.7 Å². The van der Waals surface area contributed by atoms with Gasteiger partial charge in [0.2, 0.25) is 0 Å². The largest absolute Gasteiger partial charge is 0.256 e. The predicted octanol–water partition coefficient (Wildman–Crippen LogP) is 4.95. The Labute approximate surface area is 128 Å². The quantitative estimate of drug-likeness (QED) is 0.519. The van der Waals surface area contributed by atoms with Gasteiger partial charge >= 0.3 is 0 Å². The Morgan fingerprint density at radius 3 is 1.41 bits per heavy atom. The SMILES string of the molecule is C(=C\c1cc2ccccc2cn1)/c1cc2ccccc2cn1. The fraction of sp³-hybridized carbons (Fsp3) is 0. The lowest BCUT2D eigenvalue weighted by atomic mass is 10.1. The molecule has 0 saturated carbocycles. The average molecular weight is 282 g/mol. The van der Waals surface area contributed by atoms with Gasteiger partial charge in [-0.2, -0.15) is 0 Å². The minimum absolute atomic E-state index is 0.939. The van der Waals surface area contributed by atoms with Crippen LogP contribution in [0.15, 0.2) is 73.1 Å². The minimum atomic E-state index is 0.939. The molecule has 0 bridgehead atoms. The van der Waals surface area contributed by atoms with Crippen molar-refractivity contribution in [1.82, 2.24) is 9.97 Å². The third-order valence-corrected chi connectivity index (χ3v) is 3.73. The monoisotopic (exact) mass is 282 g/mol. The molecule has 2 heterocycles. The highest BCUT2D eigenvalue weighted by Crippen LogP contribution is 2.17. The molecule has 2 aromatic carbocycles. The molecular formula is C20H14N2. The highest BCUT2D eigenvalue weighted by molar-refractivity contribution is 5.86. The number of pyridine rings is 2. The van der Waals surface area contributed by atoms with Crippen LogP contribution < -0.4 is 0 Å². The van der Waals surface area contributed by atoms with Crippen molar-refractivity contribution in [2.75, 3.05) is 0 Å². The van der Waals surface area contributed by atoms with Crippen molar-refractivity contribution in [2.24, 2.45) is 0 Å². The number of benzene rings is 2. The zero-order valence-corrected chi connectivity index (χ0v) is 12.0. The van der Waals surface area contributed by atoms with Crippen molar-refractivity contribution in [1.29, 1.82) is 0 Å². The van der Waals surface area contributed by atoms with E-state index in [4.69, 9.17) is 0 Å². The average Bonchev–Trinajstić information content (AvgIpc) is 2.59. The lowest BCUT2D eigenvalue weighted by Crippen LogP contribution is -1.83. The summed E-state index contributed by atoms with van der Waals surface area (Å²) in [6.07, 6.45) is 7.82.